The summed E-state index contributed by atoms with van der Waals surface area (Å²) in [7, 11) is 0. The van der Waals surface area contributed by atoms with Crippen molar-refractivity contribution >= 4 is 11.8 Å². The minimum Gasteiger partial charge on any atom is -0.328 e. The molecule has 1 nitrogen and oxygen atoms in total. The molecular formula is C15H23NS. The van der Waals surface area contributed by atoms with Crippen LogP contribution in [-0.4, -0.2) is 11.3 Å². The maximum absolute atomic E-state index is 5.93. The number of hydrogen-bond donors (Lipinski definition) is 1. The lowest BCUT2D eigenvalue weighted by atomic mass is 9.96. The van der Waals surface area contributed by atoms with Crippen molar-refractivity contribution in [3.05, 3.63) is 29.8 Å². The molecule has 2 heteroatoms. The van der Waals surface area contributed by atoms with Gasteiger partial charge in [0.15, 0.2) is 0 Å². The van der Waals surface area contributed by atoms with Crippen LogP contribution in [0.3, 0.4) is 0 Å². The lowest BCUT2D eigenvalue weighted by Gasteiger charge is -2.25. The fourth-order valence-corrected chi connectivity index (χ4v) is 3.52. The van der Waals surface area contributed by atoms with E-state index >= 15 is 0 Å². The van der Waals surface area contributed by atoms with Gasteiger partial charge >= 0.3 is 0 Å². The molecule has 1 aromatic carbocycles. The zero-order valence-electron chi connectivity index (χ0n) is 10.9. The highest BCUT2D eigenvalue weighted by Gasteiger charge is 2.19. The number of nitrogens with two attached hydrogens (primary N) is 1. The predicted molar refractivity (Wildman–Crippen MR) is 76.6 cm³/mol. The van der Waals surface area contributed by atoms with E-state index in [1.54, 1.807) is 0 Å². The fraction of sp³-hybridized carbons (Fsp3) is 0.600. The minimum absolute atomic E-state index is 0.454. The highest BCUT2D eigenvalue weighted by atomic mass is 32.2. The van der Waals surface area contributed by atoms with E-state index in [-0.39, 0.29) is 0 Å². The van der Waals surface area contributed by atoms with Gasteiger partial charge in [-0.15, -0.1) is 11.8 Å². The Morgan fingerprint density at radius 3 is 2.18 bits per heavy atom. The van der Waals surface area contributed by atoms with Gasteiger partial charge in [-0.1, -0.05) is 26.0 Å². The Bertz CT molecular complexity index is 336. The molecule has 94 valence electrons. The maximum atomic E-state index is 5.93. The molecule has 0 spiro atoms. The summed E-state index contributed by atoms with van der Waals surface area (Å²) in [5.41, 5.74) is 7.36. The summed E-state index contributed by atoms with van der Waals surface area (Å²) in [6.45, 7) is 4.48. The second-order valence-corrected chi connectivity index (χ2v) is 6.75. The summed E-state index contributed by atoms with van der Waals surface area (Å²) in [4.78, 5) is 1.41. The Balaban J connectivity index is 1.90. The Morgan fingerprint density at radius 1 is 1.06 bits per heavy atom. The van der Waals surface area contributed by atoms with Gasteiger partial charge in [0.05, 0.1) is 0 Å². The van der Waals surface area contributed by atoms with Crippen LogP contribution >= 0.6 is 11.8 Å². The molecule has 0 saturated heterocycles. The fourth-order valence-electron chi connectivity index (χ4n) is 2.33. The SMILES string of the molecule is CC(C)c1ccc(SC2CCC(N)CC2)cc1. The molecule has 0 aromatic heterocycles. The van der Waals surface area contributed by atoms with Gasteiger partial charge in [-0.2, -0.15) is 0 Å². The highest BCUT2D eigenvalue weighted by Crippen LogP contribution is 2.33. The second-order valence-electron chi connectivity index (χ2n) is 5.38. The predicted octanol–water partition coefficient (Wildman–Crippen LogP) is 4.17. The van der Waals surface area contributed by atoms with Gasteiger partial charge in [-0.05, 0) is 49.3 Å². The molecule has 1 fully saturated rings. The molecule has 1 saturated carbocycles. The van der Waals surface area contributed by atoms with Crippen LogP contribution in [0.2, 0.25) is 0 Å². The van der Waals surface area contributed by atoms with E-state index in [0.717, 1.165) is 5.25 Å². The van der Waals surface area contributed by atoms with E-state index in [4.69, 9.17) is 5.73 Å². The van der Waals surface area contributed by atoms with Gasteiger partial charge in [0.2, 0.25) is 0 Å². The smallest absolute Gasteiger partial charge is 0.00955 e. The molecule has 1 aliphatic rings. The number of benzene rings is 1. The van der Waals surface area contributed by atoms with Crippen LogP contribution in [0.15, 0.2) is 29.2 Å². The van der Waals surface area contributed by atoms with E-state index in [9.17, 15) is 0 Å². The molecule has 0 atom stereocenters. The number of rotatable bonds is 3. The third-order valence-corrected chi connectivity index (χ3v) is 4.92. The minimum atomic E-state index is 0.454. The summed E-state index contributed by atoms with van der Waals surface area (Å²) in [5.74, 6) is 0.627. The molecule has 2 rings (SSSR count). The van der Waals surface area contributed by atoms with Gasteiger partial charge in [0.1, 0.15) is 0 Å². The van der Waals surface area contributed by atoms with Gasteiger partial charge in [-0.25, -0.2) is 0 Å². The highest BCUT2D eigenvalue weighted by molar-refractivity contribution is 8.00. The maximum Gasteiger partial charge on any atom is 0.00955 e. The van der Waals surface area contributed by atoms with E-state index < -0.39 is 0 Å². The first kappa shape index (κ1) is 13.0. The van der Waals surface area contributed by atoms with Gasteiger partial charge in [-0.3, -0.25) is 0 Å². The first-order valence-electron chi connectivity index (χ1n) is 6.67. The van der Waals surface area contributed by atoms with E-state index in [0.29, 0.717) is 12.0 Å². The average Bonchev–Trinajstić information content (AvgIpc) is 2.33. The van der Waals surface area contributed by atoms with Crippen molar-refractivity contribution in [2.45, 2.75) is 61.6 Å². The molecule has 17 heavy (non-hydrogen) atoms. The van der Waals surface area contributed by atoms with Crippen molar-refractivity contribution < 1.29 is 0 Å². The van der Waals surface area contributed by atoms with Crippen LogP contribution < -0.4 is 5.73 Å². The molecule has 0 unspecified atom stereocenters. The first-order chi connectivity index (χ1) is 8.15. The van der Waals surface area contributed by atoms with E-state index in [1.807, 2.05) is 11.8 Å². The number of thioether (sulfide) groups is 1. The van der Waals surface area contributed by atoms with Gasteiger partial charge < -0.3 is 5.73 Å². The van der Waals surface area contributed by atoms with Crippen LogP contribution in [-0.2, 0) is 0 Å². The molecule has 0 bridgehead atoms. The van der Waals surface area contributed by atoms with Gasteiger partial charge in [0.25, 0.3) is 0 Å². The summed E-state index contributed by atoms with van der Waals surface area (Å²) in [6.07, 6.45) is 4.94. The van der Waals surface area contributed by atoms with Crippen molar-refractivity contribution in [1.82, 2.24) is 0 Å². The zero-order valence-corrected chi connectivity index (χ0v) is 11.7. The summed E-state index contributed by atoms with van der Waals surface area (Å²) >= 11 is 2.03. The lowest BCUT2D eigenvalue weighted by Crippen LogP contribution is -2.27. The van der Waals surface area contributed by atoms with Crippen molar-refractivity contribution in [3.63, 3.8) is 0 Å². The molecule has 1 aliphatic carbocycles. The van der Waals surface area contributed by atoms with Crippen LogP contribution in [0.1, 0.15) is 51.0 Å². The molecule has 2 N–H and O–H groups in total. The monoisotopic (exact) mass is 249 g/mol. The molecule has 0 radical (unpaired) electrons. The van der Waals surface area contributed by atoms with Crippen LogP contribution in [0.5, 0.6) is 0 Å². The molecule has 0 amide bonds. The van der Waals surface area contributed by atoms with Crippen LogP contribution in [0.25, 0.3) is 0 Å². The topological polar surface area (TPSA) is 26.0 Å². The largest absolute Gasteiger partial charge is 0.328 e. The third-order valence-electron chi connectivity index (χ3n) is 3.57. The first-order valence-corrected chi connectivity index (χ1v) is 7.55. The molecular weight excluding hydrogens is 226 g/mol. The zero-order chi connectivity index (χ0) is 12.3. The Morgan fingerprint density at radius 2 is 1.65 bits per heavy atom. The number of hydrogen-bond acceptors (Lipinski definition) is 2. The van der Waals surface area contributed by atoms with Crippen molar-refractivity contribution in [3.8, 4) is 0 Å². The second kappa shape index (κ2) is 5.92. The van der Waals surface area contributed by atoms with Crippen molar-refractivity contribution in [2.75, 3.05) is 0 Å². The normalized spacial score (nSPS) is 25.2. The van der Waals surface area contributed by atoms with E-state index in [1.165, 1.54) is 36.1 Å². The molecule has 0 heterocycles. The van der Waals surface area contributed by atoms with Crippen LogP contribution in [0, 0.1) is 0 Å². The third kappa shape index (κ3) is 3.75. The Kier molecular flexibility index (Phi) is 4.52. The summed E-state index contributed by atoms with van der Waals surface area (Å²) in [6, 6.07) is 9.53. The van der Waals surface area contributed by atoms with E-state index in [2.05, 4.69) is 38.1 Å². The Labute approximate surface area is 109 Å². The molecule has 1 aromatic rings. The summed E-state index contributed by atoms with van der Waals surface area (Å²) < 4.78 is 0. The Hall–Kier alpha value is -0.470. The van der Waals surface area contributed by atoms with Crippen molar-refractivity contribution in [1.29, 1.82) is 0 Å². The quantitative estimate of drug-likeness (QED) is 0.870. The van der Waals surface area contributed by atoms with Gasteiger partial charge in [0, 0.05) is 16.2 Å². The van der Waals surface area contributed by atoms with Crippen molar-refractivity contribution in [2.24, 2.45) is 5.73 Å². The summed E-state index contributed by atoms with van der Waals surface area (Å²) in [5, 5.41) is 0.777. The average molecular weight is 249 g/mol. The molecule has 0 aliphatic heterocycles. The standard InChI is InChI=1S/C15H23NS/c1-11(2)12-3-7-14(8-4-12)17-15-9-5-13(16)6-10-15/h3-4,7-8,11,13,15H,5-6,9-10,16H2,1-2H3. The lowest BCUT2D eigenvalue weighted by molar-refractivity contribution is 0.451. The van der Waals surface area contributed by atoms with Crippen LogP contribution in [0.4, 0.5) is 0 Å².